The number of hydrogen-bond acceptors (Lipinski definition) is 2. The molecule has 1 aromatic rings. The molecule has 3 heteroatoms. The summed E-state index contributed by atoms with van der Waals surface area (Å²) in [5, 5.41) is 0. The molecule has 0 saturated heterocycles. The van der Waals surface area contributed by atoms with E-state index in [1.165, 1.54) is 11.1 Å². The van der Waals surface area contributed by atoms with Gasteiger partial charge in [-0.2, -0.15) is 0 Å². The van der Waals surface area contributed by atoms with E-state index in [0.29, 0.717) is 0 Å². The van der Waals surface area contributed by atoms with E-state index in [-0.39, 0.29) is 6.09 Å². The standard InChI is InChI=1S/C17H21NO2/c1-15(2,3)20-14(19)18-16(4)10-11-17(18,5)13-9-7-6-8-12(13)16/h6-11H,1-5H3. The zero-order valence-corrected chi connectivity index (χ0v) is 12.7. The van der Waals surface area contributed by atoms with Crippen LogP contribution in [-0.4, -0.2) is 16.6 Å². The molecular formula is C17H21NO2. The third-order valence-electron chi connectivity index (χ3n) is 4.26. The first-order valence-electron chi connectivity index (χ1n) is 7.02. The molecule has 3 nitrogen and oxygen atoms in total. The van der Waals surface area contributed by atoms with Gasteiger partial charge in [0.2, 0.25) is 0 Å². The Kier molecular flexibility index (Phi) is 2.42. The van der Waals surface area contributed by atoms with Crippen LogP contribution in [0.2, 0.25) is 0 Å². The molecule has 2 unspecified atom stereocenters. The minimum absolute atomic E-state index is 0.260. The molecule has 2 aliphatic heterocycles. The topological polar surface area (TPSA) is 29.5 Å². The fraction of sp³-hybridized carbons (Fsp3) is 0.471. The van der Waals surface area contributed by atoms with Crippen molar-refractivity contribution < 1.29 is 9.53 Å². The molecule has 20 heavy (non-hydrogen) atoms. The number of carbonyl (C=O) groups excluding carboxylic acids is 1. The Morgan fingerprint density at radius 1 is 1.05 bits per heavy atom. The fourth-order valence-electron chi connectivity index (χ4n) is 3.43. The quantitative estimate of drug-likeness (QED) is 0.669. The molecule has 0 fully saturated rings. The molecule has 1 amide bonds. The minimum Gasteiger partial charge on any atom is -0.444 e. The monoisotopic (exact) mass is 271 g/mol. The first-order valence-corrected chi connectivity index (χ1v) is 7.02. The first-order chi connectivity index (χ1) is 9.18. The smallest absolute Gasteiger partial charge is 0.412 e. The van der Waals surface area contributed by atoms with E-state index in [0.717, 1.165) is 0 Å². The summed E-state index contributed by atoms with van der Waals surface area (Å²) in [6, 6.07) is 8.24. The van der Waals surface area contributed by atoms with Crippen molar-refractivity contribution in [1.82, 2.24) is 4.90 Å². The van der Waals surface area contributed by atoms with Crippen molar-refractivity contribution in [1.29, 1.82) is 0 Å². The molecule has 0 aromatic heterocycles. The highest BCUT2D eigenvalue weighted by atomic mass is 16.6. The molecule has 0 N–H and O–H groups in total. The summed E-state index contributed by atoms with van der Waals surface area (Å²) >= 11 is 0. The highest BCUT2D eigenvalue weighted by Crippen LogP contribution is 2.56. The molecule has 106 valence electrons. The van der Waals surface area contributed by atoms with Gasteiger partial charge in [-0.15, -0.1) is 0 Å². The summed E-state index contributed by atoms with van der Waals surface area (Å²) < 4.78 is 5.61. The van der Waals surface area contributed by atoms with Crippen molar-refractivity contribution in [2.24, 2.45) is 0 Å². The van der Waals surface area contributed by atoms with Gasteiger partial charge >= 0.3 is 6.09 Å². The summed E-state index contributed by atoms with van der Waals surface area (Å²) in [7, 11) is 0. The second-order valence-electron chi connectivity index (χ2n) is 6.99. The fourth-order valence-corrected chi connectivity index (χ4v) is 3.43. The second kappa shape index (κ2) is 3.66. The van der Waals surface area contributed by atoms with Crippen LogP contribution in [0.1, 0.15) is 45.7 Å². The molecule has 2 heterocycles. The van der Waals surface area contributed by atoms with Crippen molar-refractivity contribution in [3.8, 4) is 0 Å². The van der Waals surface area contributed by atoms with Gasteiger partial charge in [-0.1, -0.05) is 36.4 Å². The Bertz CT molecular complexity index is 575. The van der Waals surface area contributed by atoms with Crippen LogP contribution in [-0.2, 0) is 15.8 Å². The van der Waals surface area contributed by atoms with Crippen LogP contribution in [0.25, 0.3) is 0 Å². The van der Waals surface area contributed by atoms with Crippen LogP contribution >= 0.6 is 0 Å². The molecule has 2 aliphatic rings. The third-order valence-corrected chi connectivity index (χ3v) is 4.26. The highest BCUT2D eigenvalue weighted by Gasteiger charge is 2.58. The van der Waals surface area contributed by atoms with Gasteiger partial charge in [0.05, 0.1) is 11.1 Å². The number of hydrogen-bond donors (Lipinski definition) is 0. The van der Waals surface area contributed by atoms with E-state index in [1.54, 1.807) is 0 Å². The minimum atomic E-state index is -0.488. The van der Waals surface area contributed by atoms with Crippen molar-refractivity contribution >= 4 is 6.09 Å². The molecule has 0 spiro atoms. The summed E-state index contributed by atoms with van der Waals surface area (Å²) in [4.78, 5) is 14.5. The lowest BCUT2D eigenvalue weighted by Gasteiger charge is -2.37. The number of fused-ring (bicyclic) bond motifs is 5. The first kappa shape index (κ1) is 13.2. The van der Waals surface area contributed by atoms with Gasteiger partial charge in [-0.25, -0.2) is 4.79 Å². The van der Waals surface area contributed by atoms with Crippen LogP contribution < -0.4 is 0 Å². The molecule has 1 aromatic carbocycles. The summed E-state index contributed by atoms with van der Waals surface area (Å²) in [6.45, 7) is 9.84. The predicted molar refractivity (Wildman–Crippen MR) is 78.4 cm³/mol. The van der Waals surface area contributed by atoms with E-state index >= 15 is 0 Å². The Morgan fingerprint density at radius 2 is 1.50 bits per heavy atom. The largest absolute Gasteiger partial charge is 0.444 e. The van der Waals surface area contributed by atoms with Crippen molar-refractivity contribution in [2.75, 3.05) is 0 Å². The Balaban J connectivity index is 2.07. The van der Waals surface area contributed by atoms with Crippen LogP contribution in [0.15, 0.2) is 36.4 Å². The highest BCUT2D eigenvalue weighted by molar-refractivity contribution is 5.76. The summed E-state index contributed by atoms with van der Waals surface area (Å²) in [6.07, 6.45) is 3.96. The van der Waals surface area contributed by atoms with Gasteiger partial charge < -0.3 is 4.74 Å². The van der Waals surface area contributed by atoms with Gasteiger partial charge in [0.1, 0.15) is 5.60 Å². The van der Waals surface area contributed by atoms with Gasteiger partial charge in [-0.3, -0.25) is 4.90 Å². The SMILES string of the molecule is CC(C)(C)OC(=O)N1C2(C)C=CC1(C)c1ccccc12. The Hall–Kier alpha value is -1.77. The van der Waals surface area contributed by atoms with Crippen LogP contribution in [0.5, 0.6) is 0 Å². The lowest BCUT2D eigenvalue weighted by atomic mass is 9.84. The van der Waals surface area contributed by atoms with Crippen LogP contribution in [0.4, 0.5) is 4.79 Å². The average Bonchev–Trinajstić information content (AvgIpc) is 2.71. The predicted octanol–water partition coefficient (Wildman–Crippen LogP) is 3.94. The third kappa shape index (κ3) is 1.55. The maximum atomic E-state index is 12.7. The second-order valence-corrected chi connectivity index (χ2v) is 6.99. The van der Waals surface area contributed by atoms with E-state index in [1.807, 2.05) is 37.8 Å². The summed E-state index contributed by atoms with van der Waals surface area (Å²) in [5.74, 6) is 0. The average molecular weight is 271 g/mol. The maximum absolute atomic E-state index is 12.7. The van der Waals surface area contributed by atoms with Crippen molar-refractivity contribution in [2.45, 2.75) is 51.3 Å². The maximum Gasteiger partial charge on any atom is 0.412 e. The van der Waals surface area contributed by atoms with Gasteiger partial charge in [0.15, 0.2) is 0 Å². The van der Waals surface area contributed by atoms with Gasteiger partial charge in [-0.05, 0) is 45.7 Å². The molecule has 2 bridgehead atoms. The number of rotatable bonds is 0. The molecule has 3 rings (SSSR count). The zero-order valence-electron chi connectivity index (χ0n) is 12.7. The normalized spacial score (nSPS) is 30.6. The molecule has 0 aliphatic carbocycles. The van der Waals surface area contributed by atoms with Crippen LogP contribution in [0.3, 0.4) is 0 Å². The Labute approximate surface area is 120 Å². The molecule has 2 atom stereocenters. The summed E-state index contributed by atoms with van der Waals surface area (Å²) in [5.41, 5.74) is 1.08. The van der Waals surface area contributed by atoms with E-state index in [4.69, 9.17) is 4.74 Å². The zero-order chi connectivity index (χ0) is 14.8. The van der Waals surface area contributed by atoms with Crippen molar-refractivity contribution in [3.63, 3.8) is 0 Å². The number of ether oxygens (including phenoxy) is 1. The molecule has 0 radical (unpaired) electrons. The van der Waals surface area contributed by atoms with E-state index in [9.17, 15) is 4.79 Å². The van der Waals surface area contributed by atoms with E-state index in [2.05, 4.69) is 38.1 Å². The Morgan fingerprint density at radius 3 is 1.90 bits per heavy atom. The van der Waals surface area contributed by atoms with Gasteiger partial charge in [0.25, 0.3) is 0 Å². The lowest BCUT2D eigenvalue weighted by Crippen LogP contribution is -2.48. The molecule has 0 saturated carbocycles. The lowest BCUT2D eigenvalue weighted by molar-refractivity contribution is -0.00415. The number of amides is 1. The van der Waals surface area contributed by atoms with Crippen molar-refractivity contribution in [3.05, 3.63) is 47.5 Å². The van der Waals surface area contributed by atoms with E-state index < -0.39 is 16.7 Å². The molecular weight excluding hydrogens is 250 g/mol. The van der Waals surface area contributed by atoms with Crippen LogP contribution in [0, 0.1) is 0 Å². The number of nitrogens with zero attached hydrogens (tertiary/aromatic N) is 1. The number of benzene rings is 1. The number of carbonyl (C=O) groups is 1. The van der Waals surface area contributed by atoms with Gasteiger partial charge in [0, 0.05) is 0 Å².